The molecule has 0 saturated heterocycles. The third-order valence-electron chi connectivity index (χ3n) is 3.13. The number of nitrogens with zero attached hydrogens (tertiary/aromatic N) is 3. The van der Waals surface area contributed by atoms with Gasteiger partial charge in [0.05, 0.1) is 6.54 Å². The zero-order chi connectivity index (χ0) is 17.2. The number of benzene rings is 1. The minimum absolute atomic E-state index is 0.404. The molecule has 0 fully saturated rings. The van der Waals surface area contributed by atoms with E-state index < -0.39 is 0 Å². The number of aliphatic imine (C=N–C) groups is 1. The van der Waals surface area contributed by atoms with Crippen molar-refractivity contribution in [1.29, 1.82) is 0 Å². The first-order valence-electron chi connectivity index (χ1n) is 8.20. The van der Waals surface area contributed by atoms with Crippen molar-refractivity contribution in [2.45, 2.75) is 37.3 Å². The molecule has 2 aromatic rings. The third-order valence-corrected chi connectivity index (χ3v) is 4.23. The van der Waals surface area contributed by atoms with Gasteiger partial charge in [0.2, 0.25) is 5.89 Å². The van der Waals surface area contributed by atoms with Crippen LogP contribution in [0, 0.1) is 6.92 Å². The summed E-state index contributed by atoms with van der Waals surface area (Å²) in [5, 5.41) is 10.7. The molecule has 130 valence electrons. The molecule has 0 aliphatic heterocycles. The number of nitrogens with one attached hydrogen (secondary N) is 2. The standard InChI is InChI=1S/C17H25N5OS/c1-4-18-17(19-11-10-16-21-14(3)22-23-16)20-12-13(2)24-15-8-6-5-7-9-15/h5-9,13H,4,10-12H2,1-3H3,(H2,18,19,20). The van der Waals surface area contributed by atoms with Crippen molar-refractivity contribution >= 4 is 17.7 Å². The summed E-state index contributed by atoms with van der Waals surface area (Å²) in [5.41, 5.74) is 0. The molecule has 0 amide bonds. The van der Waals surface area contributed by atoms with Crippen molar-refractivity contribution in [2.24, 2.45) is 4.99 Å². The van der Waals surface area contributed by atoms with Crippen LogP contribution in [-0.2, 0) is 6.42 Å². The average molecular weight is 347 g/mol. The fourth-order valence-corrected chi connectivity index (χ4v) is 2.99. The zero-order valence-corrected chi connectivity index (χ0v) is 15.3. The van der Waals surface area contributed by atoms with Crippen LogP contribution in [0.1, 0.15) is 25.6 Å². The Hall–Kier alpha value is -2.02. The topological polar surface area (TPSA) is 75.3 Å². The normalized spacial score (nSPS) is 12.9. The Labute approximate surface area is 147 Å². The fourth-order valence-electron chi connectivity index (χ4n) is 2.06. The summed E-state index contributed by atoms with van der Waals surface area (Å²) in [7, 11) is 0. The van der Waals surface area contributed by atoms with Crippen LogP contribution >= 0.6 is 11.8 Å². The van der Waals surface area contributed by atoms with Crippen LogP contribution in [-0.4, -0.2) is 41.0 Å². The third kappa shape index (κ3) is 6.62. The van der Waals surface area contributed by atoms with Crippen molar-refractivity contribution in [1.82, 2.24) is 20.8 Å². The second-order valence-electron chi connectivity index (χ2n) is 5.37. The summed E-state index contributed by atoms with van der Waals surface area (Å²) < 4.78 is 5.11. The van der Waals surface area contributed by atoms with Crippen LogP contribution in [0.5, 0.6) is 0 Å². The smallest absolute Gasteiger partial charge is 0.228 e. The summed E-state index contributed by atoms with van der Waals surface area (Å²) >= 11 is 1.83. The average Bonchev–Trinajstić information content (AvgIpc) is 2.99. The molecule has 1 unspecified atom stereocenters. The molecule has 1 heterocycles. The van der Waals surface area contributed by atoms with E-state index in [1.165, 1.54) is 4.90 Å². The van der Waals surface area contributed by atoms with Gasteiger partial charge in [0.1, 0.15) is 0 Å². The van der Waals surface area contributed by atoms with Crippen LogP contribution < -0.4 is 10.6 Å². The van der Waals surface area contributed by atoms with E-state index in [2.05, 4.69) is 63.9 Å². The second kappa shape index (κ2) is 9.97. The number of hydrogen-bond acceptors (Lipinski definition) is 5. The molecular weight excluding hydrogens is 322 g/mol. The van der Waals surface area contributed by atoms with E-state index >= 15 is 0 Å². The first-order valence-corrected chi connectivity index (χ1v) is 9.08. The van der Waals surface area contributed by atoms with Crippen LogP contribution in [0.4, 0.5) is 0 Å². The predicted molar refractivity (Wildman–Crippen MR) is 98.5 cm³/mol. The minimum atomic E-state index is 0.404. The molecule has 24 heavy (non-hydrogen) atoms. The Morgan fingerprint density at radius 3 is 2.75 bits per heavy atom. The Kier molecular flexibility index (Phi) is 7.61. The van der Waals surface area contributed by atoms with Gasteiger partial charge in [-0.2, -0.15) is 4.98 Å². The van der Waals surface area contributed by atoms with Gasteiger partial charge in [-0.1, -0.05) is 30.3 Å². The second-order valence-corrected chi connectivity index (χ2v) is 6.89. The molecule has 0 spiro atoms. The molecule has 0 saturated carbocycles. The van der Waals surface area contributed by atoms with Crippen LogP contribution in [0.15, 0.2) is 44.7 Å². The van der Waals surface area contributed by atoms with Gasteiger partial charge < -0.3 is 15.2 Å². The molecule has 7 heteroatoms. The highest BCUT2D eigenvalue weighted by atomic mass is 32.2. The van der Waals surface area contributed by atoms with Crippen molar-refractivity contribution in [2.75, 3.05) is 19.6 Å². The van der Waals surface area contributed by atoms with Crippen molar-refractivity contribution in [3.05, 3.63) is 42.0 Å². The van der Waals surface area contributed by atoms with Gasteiger partial charge in [0, 0.05) is 29.7 Å². The van der Waals surface area contributed by atoms with Gasteiger partial charge in [-0.05, 0) is 26.0 Å². The van der Waals surface area contributed by atoms with E-state index in [0.29, 0.717) is 29.9 Å². The Balaban J connectivity index is 1.78. The highest BCUT2D eigenvalue weighted by Gasteiger charge is 2.06. The monoisotopic (exact) mass is 347 g/mol. The van der Waals surface area contributed by atoms with E-state index in [0.717, 1.165) is 19.0 Å². The van der Waals surface area contributed by atoms with Crippen LogP contribution in [0.2, 0.25) is 0 Å². The fraction of sp³-hybridized carbons (Fsp3) is 0.471. The lowest BCUT2D eigenvalue weighted by atomic mass is 10.4. The molecule has 0 radical (unpaired) electrons. The lowest BCUT2D eigenvalue weighted by Crippen LogP contribution is -2.38. The van der Waals surface area contributed by atoms with Gasteiger partial charge in [-0.25, -0.2) is 0 Å². The first kappa shape index (κ1) is 18.3. The number of guanidine groups is 1. The summed E-state index contributed by atoms with van der Waals surface area (Å²) in [6.07, 6.45) is 0.680. The number of aryl methyl sites for hydroxylation is 1. The summed E-state index contributed by atoms with van der Waals surface area (Å²) in [6, 6.07) is 10.4. The van der Waals surface area contributed by atoms with Crippen LogP contribution in [0.3, 0.4) is 0 Å². The maximum atomic E-state index is 5.11. The van der Waals surface area contributed by atoms with Gasteiger partial charge >= 0.3 is 0 Å². The highest BCUT2D eigenvalue weighted by molar-refractivity contribution is 8.00. The molecule has 1 aromatic heterocycles. The van der Waals surface area contributed by atoms with Gasteiger partial charge in [-0.3, -0.25) is 4.99 Å². The molecule has 1 atom stereocenters. The van der Waals surface area contributed by atoms with Gasteiger partial charge in [-0.15, -0.1) is 11.8 Å². The van der Waals surface area contributed by atoms with Gasteiger partial charge in [0.15, 0.2) is 11.8 Å². The Morgan fingerprint density at radius 1 is 1.29 bits per heavy atom. The quantitative estimate of drug-likeness (QED) is 0.434. The maximum Gasteiger partial charge on any atom is 0.228 e. The number of thioether (sulfide) groups is 1. The molecule has 0 aliphatic rings. The number of hydrogen-bond donors (Lipinski definition) is 2. The van der Waals surface area contributed by atoms with Crippen LogP contribution in [0.25, 0.3) is 0 Å². The first-order chi connectivity index (χ1) is 11.7. The largest absolute Gasteiger partial charge is 0.357 e. The molecule has 0 bridgehead atoms. The van der Waals surface area contributed by atoms with E-state index in [1.807, 2.05) is 24.8 Å². The van der Waals surface area contributed by atoms with Crippen molar-refractivity contribution in [3.63, 3.8) is 0 Å². The van der Waals surface area contributed by atoms with E-state index in [9.17, 15) is 0 Å². The van der Waals surface area contributed by atoms with E-state index in [-0.39, 0.29) is 0 Å². The number of rotatable bonds is 8. The summed E-state index contributed by atoms with van der Waals surface area (Å²) in [6.45, 7) is 8.33. The lowest BCUT2D eigenvalue weighted by Gasteiger charge is -2.13. The lowest BCUT2D eigenvalue weighted by molar-refractivity contribution is 0.374. The molecule has 1 aromatic carbocycles. The highest BCUT2D eigenvalue weighted by Crippen LogP contribution is 2.22. The molecule has 2 rings (SSSR count). The Bertz CT molecular complexity index is 629. The molecule has 2 N–H and O–H groups in total. The molecule has 0 aliphatic carbocycles. The molecular formula is C17H25N5OS. The summed E-state index contributed by atoms with van der Waals surface area (Å²) in [4.78, 5) is 10.1. The summed E-state index contributed by atoms with van der Waals surface area (Å²) in [5.74, 6) is 2.12. The van der Waals surface area contributed by atoms with Crippen molar-refractivity contribution < 1.29 is 4.52 Å². The maximum absolute atomic E-state index is 5.11. The van der Waals surface area contributed by atoms with Gasteiger partial charge in [0.25, 0.3) is 0 Å². The van der Waals surface area contributed by atoms with Crippen molar-refractivity contribution in [3.8, 4) is 0 Å². The minimum Gasteiger partial charge on any atom is -0.357 e. The van der Waals surface area contributed by atoms with E-state index in [1.54, 1.807) is 0 Å². The number of aromatic nitrogens is 2. The molecule has 6 nitrogen and oxygen atoms in total. The van der Waals surface area contributed by atoms with E-state index in [4.69, 9.17) is 4.52 Å². The Morgan fingerprint density at radius 2 is 2.08 bits per heavy atom. The zero-order valence-electron chi connectivity index (χ0n) is 14.5. The SMILES string of the molecule is CCNC(=NCC(C)Sc1ccccc1)NCCc1nc(C)no1. The predicted octanol–water partition coefficient (Wildman–Crippen LogP) is 2.66.